The third-order valence-electron chi connectivity index (χ3n) is 3.87. The Morgan fingerprint density at radius 1 is 1.26 bits per heavy atom. The van der Waals surface area contributed by atoms with E-state index in [2.05, 4.69) is 5.32 Å². The van der Waals surface area contributed by atoms with E-state index in [-0.39, 0.29) is 9.92 Å². The number of fused-ring (bicyclic) bond motifs is 1. The Morgan fingerprint density at radius 2 is 1.89 bits per heavy atom. The van der Waals surface area contributed by atoms with E-state index < -0.39 is 15.8 Å². The van der Waals surface area contributed by atoms with Crippen molar-refractivity contribution in [2.75, 3.05) is 26.2 Å². The van der Waals surface area contributed by atoms with E-state index in [9.17, 15) is 12.8 Å². The highest BCUT2D eigenvalue weighted by Crippen LogP contribution is 2.33. The summed E-state index contributed by atoms with van der Waals surface area (Å²) in [5.74, 6) is 0.105. The first-order valence-corrected chi connectivity index (χ1v) is 7.96. The second-order valence-corrected chi connectivity index (χ2v) is 7.39. The van der Waals surface area contributed by atoms with Crippen LogP contribution >= 0.6 is 11.6 Å². The van der Waals surface area contributed by atoms with Gasteiger partial charge in [-0.15, -0.1) is 0 Å². The van der Waals surface area contributed by atoms with Crippen LogP contribution in [0.15, 0.2) is 23.1 Å². The Kier molecular flexibility index (Phi) is 3.29. The minimum Gasteiger partial charge on any atom is -0.316 e. The third kappa shape index (κ3) is 2.27. The van der Waals surface area contributed by atoms with Gasteiger partial charge in [0.2, 0.25) is 10.0 Å². The summed E-state index contributed by atoms with van der Waals surface area (Å²) in [6.07, 6.45) is 0. The number of halogens is 2. The smallest absolute Gasteiger partial charge is 0.244 e. The average Bonchev–Trinajstić information content (AvgIpc) is 2.92. The molecule has 1 aromatic rings. The lowest BCUT2D eigenvalue weighted by atomic mass is 10.0. The first-order chi connectivity index (χ1) is 8.98. The molecular formula is C12H14ClFN2O2S. The SMILES string of the molecule is O=S(=O)(c1cc(F)ccc1Cl)N1C[C@H]2CNC[C@H]2C1. The summed E-state index contributed by atoms with van der Waals surface area (Å²) in [5, 5.41) is 3.32. The van der Waals surface area contributed by atoms with Crippen molar-refractivity contribution in [1.29, 1.82) is 0 Å². The number of nitrogens with zero attached hydrogens (tertiary/aromatic N) is 1. The van der Waals surface area contributed by atoms with E-state index in [1.54, 1.807) is 0 Å². The van der Waals surface area contributed by atoms with Crippen molar-refractivity contribution in [2.24, 2.45) is 11.8 Å². The predicted octanol–water partition coefficient (Wildman–Crippen LogP) is 1.32. The van der Waals surface area contributed by atoms with Gasteiger partial charge in [0.05, 0.1) is 5.02 Å². The maximum Gasteiger partial charge on any atom is 0.244 e. The standard InChI is InChI=1S/C12H14ClFN2O2S/c13-11-2-1-10(14)3-12(11)19(17,18)16-6-8-4-15-5-9(8)7-16/h1-3,8-9,15H,4-7H2/t8-,9+. The predicted molar refractivity (Wildman–Crippen MR) is 70.0 cm³/mol. The molecule has 104 valence electrons. The second-order valence-electron chi connectivity index (χ2n) is 5.08. The molecule has 4 nitrogen and oxygen atoms in total. The number of hydrogen-bond acceptors (Lipinski definition) is 3. The molecule has 2 atom stereocenters. The van der Waals surface area contributed by atoms with Gasteiger partial charge >= 0.3 is 0 Å². The van der Waals surface area contributed by atoms with Crippen molar-refractivity contribution < 1.29 is 12.8 Å². The molecule has 2 heterocycles. The van der Waals surface area contributed by atoms with E-state index in [4.69, 9.17) is 11.6 Å². The lowest BCUT2D eigenvalue weighted by Crippen LogP contribution is -2.32. The molecule has 2 aliphatic heterocycles. The monoisotopic (exact) mass is 304 g/mol. The molecular weight excluding hydrogens is 291 g/mol. The second kappa shape index (κ2) is 4.70. The zero-order valence-electron chi connectivity index (χ0n) is 10.1. The molecule has 2 aliphatic rings. The van der Waals surface area contributed by atoms with Crippen LogP contribution in [0.2, 0.25) is 5.02 Å². The number of sulfonamides is 1. The molecule has 1 N–H and O–H groups in total. The highest BCUT2D eigenvalue weighted by Gasteiger charge is 2.42. The zero-order valence-corrected chi connectivity index (χ0v) is 11.7. The largest absolute Gasteiger partial charge is 0.316 e. The molecule has 0 amide bonds. The fraction of sp³-hybridized carbons (Fsp3) is 0.500. The minimum absolute atomic E-state index is 0.0663. The Bertz CT molecular complexity index is 596. The molecule has 0 bridgehead atoms. The summed E-state index contributed by atoms with van der Waals surface area (Å²) in [4.78, 5) is -0.137. The van der Waals surface area contributed by atoms with Crippen molar-refractivity contribution in [3.05, 3.63) is 29.0 Å². The van der Waals surface area contributed by atoms with E-state index in [0.29, 0.717) is 24.9 Å². The molecule has 0 unspecified atom stereocenters. The number of hydrogen-bond donors (Lipinski definition) is 1. The van der Waals surface area contributed by atoms with Gasteiger partial charge in [-0.25, -0.2) is 12.8 Å². The molecule has 7 heteroatoms. The summed E-state index contributed by atoms with van der Waals surface area (Å²) >= 11 is 5.89. The van der Waals surface area contributed by atoms with Gasteiger partial charge in [-0.2, -0.15) is 4.31 Å². The van der Waals surface area contributed by atoms with Gasteiger partial charge in [0.1, 0.15) is 10.7 Å². The summed E-state index contributed by atoms with van der Waals surface area (Å²) in [6.45, 7) is 2.64. The first kappa shape index (κ1) is 13.3. The zero-order chi connectivity index (χ0) is 13.6. The molecule has 2 saturated heterocycles. The first-order valence-electron chi connectivity index (χ1n) is 6.14. The van der Waals surface area contributed by atoms with E-state index in [1.165, 1.54) is 10.4 Å². The van der Waals surface area contributed by atoms with Crippen LogP contribution in [0.5, 0.6) is 0 Å². The molecule has 0 radical (unpaired) electrons. The maximum absolute atomic E-state index is 13.2. The highest BCUT2D eigenvalue weighted by atomic mass is 35.5. The fourth-order valence-electron chi connectivity index (χ4n) is 2.82. The minimum atomic E-state index is -3.70. The topological polar surface area (TPSA) is 49.4 Å². The number of rotatable bonds is 2. The molecule has 0 aliphatic carbocycles. The summed E-state index contributed by atoms with van der Waals surface area (Å²) < 4.78 is 39.7. The molecule has 2 fully saturated rings. The molecule has 0 aromatic heterocycles. The Labute approximate surface area is 116 Å². The van der Waals surface area contributed by atoms with Crippen molar-refractivity contribution in [2.45, 2.75) is 4.90 Å². The summed E-state index contributed by atoms with van der Waals surface area (Å²) in [5.41, 5.74) is 0. The quantitative estimate of drug-likeness (QED) is 0.896. The lowest BCUT2D eigenvalue weighted by molar-refractivity contribution is 0.447. The maximum atomic E-state index is 13.2. The van der Waals surface area contributed by atoms with Gasteiger partial charge in [-0.05, 0) is 43.1 Å². The number of benzene rings is 1. The van der Waals surface area contributed by atoms with Crippen LogP contribution in [0, 0.1) is 17.7 Å². The Hall–Kier alpha value is -0.690. The van der Waals surface area contributed by atoms with Crippen LogP contribution in [-0.2, 0) is 10.0 Å². The summed E-state index contributed by atoms with van der Waals surface area (Å²) in [7, 11) is -3.70. The van der Waals surface area contributed by atoms with Crippen molar-refractivity contribution in [3.8, 4) is 0 Å². The van der Waals surface area contributed by atoms with Gasteiger partial charge in [-0.1, -0.05) is 11.6 Å². The van der Waals surface area contributed by atoms with E-state index >= 15 is 0 Å². The van der Waals surface area contributed by atoms with Gasteiger partial charge < -0.3 is 5.32 Å². The van der Waals surface area contributed by atoms with Crippen LogP contribution in [-0.4, -0.2) is 38.9 Å². The lowest BCUT2D eigenvalue weighted by Gasteiger charge is -2.18. The van der Waals surface area contributed by atoms with Crippen molar-refractivity contribution >= 4 is 21.6 Å². The Balaban J connectivity index is 1.93. The fourth-order valence-corrected chi connectivity index (χ4v) is 4.86. The molecule has 0 spiro atoms. The average molecular weight is 305 g/mol. The van der Waals surface area contributed by atoms with Crippen LogP contribution in [0.25, 0.3) is 0 Å². The molecule has 3 rings (SSSR count). The van der Waals surface area contributed by atoms with E-state index in [1.807, 2.05) is 0 Å². The van der Waals surface area contributed by atoms with Gasteiger partial charge in [0.25, 0.3) is 0 Å². The van der Waals surface area contributed by atoms with Gasteiger partial charge in [-0.3, -0.25) is 0 Å². The normalized spacial score (nSPS) is 27.7. The van der Waals surface area contributed by atoms with Crippen molar-refractivity contribution in [3.63, 3.8) is 0 Å². The molecule has 1 aromatic carbocycles. The van der Waals surface area contributed by atoms with Gasteiger partial charge in [0, 0.05) is 13.1 Å². The summed E-state index contributed by atoms with van der Waals surface area (Å²) in [6, 6.07) is 3.43. The third-order valence-corrected chi connectivity index (χ3v) is 6.18. The van der Waals surface area contributed by atoms with Crippen LogP contribution in [0.3, 0.4) is 0 Å². The van der Waals surface area contributed by atoms with Crippen LogP contribution in [0.4, 0.5) is 4.39 Å². The van der Waals surface area contributed by atoms with Crippen LogP contribution < -0.4 is 5.32 Å². The molecule has 0 saturated carbocycles. The van der Waals surface area contributed by atoms with Crippen LogP contribution in [0.1, 0.15) is 0 Å². The van der Waals surface area contributed by atoms with Crippen molar-refractivity contribution in [1.82, 2.24) is 9.62 Å². The number of nitrogens with one attached hydrogen (secondary N) is 1. The molecule has 19 heavy (non-hydrogen) atoms. The Morgan fingerprint density at radius 3 is 2.53 bits per heavy atom. The highest BCUT2D eigenvalue weighted by molar-refractivity contribution is 7.89. The van der Waals surface area contributed by atoms with E-state index in [0.717, 1.165) is 25.2 Å². The van der Waals surface area contributed by atoms with Gasteiger partial charge in [0.15, 0.2) is 0 Å².